The first-order valence-corrected chi connectivity index (χ1v) is 8.27. The van der Waals surface area contributed by atoms with Gasteiger partial charge in [-0.05, 0) is 24.1 Å². The van der Waals surface area contributed by atoms with E-state index in [1.165, 1.54) is 6.07 Å². The van der Waals surface area contributed by atoms with Crippen molar-refractivity contribution in [2.45, 2.75) is 13.5 Å². The lowest BCUT2D eigenvalue weighted by Crippen LogP contribution is -2.43. The molecule has 1 aliphatic rings. The summed E-state index contributed by atoms with van der Waals surface area (Å²) in [5.74, 6) is 0.135. The quantitative estimate of drug-likeness (QED) is 0.382. The van der Waals surface area contributed by atoms with Crippen molar-refractivity contribution in [3.63, 3.8) is 0 Å². The molecule has 1 heterocycles. The Labute approximate surface area is 165 Å². The highest BCUT2D eigenvalue weighted by Crippen LogP contribution is 2.09. The van der Waals surface area contributed by atoms with Crippen LogP contribution < -0.4 is 10.6 Å². The van der Waals surface area contributed by atoms with E-state index in [2.05, 4.69) is 27.4 Å². The van der Waals surface area contributed by atoms with Crippen molar-refractivity contribution in [1.82, 2.24) is 15.5 Å². The average molecular weight is 468 g/mol. The van der Waals surface area contributed by atoms with E-state index in [0.717, 1.165) is 51.5 Å². The number of guanidine groups is 1. The minimum Gasteiger partial charge on any atom is -0.379 e. The first-order chi connectivity index (χ1) is 11.6. The number of halogens is 3. The number of benzene rings is 1. The van der Waals surface area contributed by atoms with Gasteiger partial charge < -0.3 is 15.4 Å². The molecule has 5 nitrogen and oxygen atoms in total. The maximum absolute atomic E-state index is 13.6. The van der Waals surface area contributed by atoms with Crippen LogP contribution >= 0.6 is 24.0 Å². The van der Waals surface area contributed by atoms with Crippen LogP contribution in [0.2, 0.25) is 0 Å². The van der Waals surface area contributed by atoms with Crippen molar-refractivity contribution in [2.75, 3.05) is 46.4 Å². The molecule has 2 rings (SSSR count). The zero-order valence-electron chi connectivity index (χ0n) is 14.7. The van der Waals surface area contributed by atoms with Crippen LogP contribution in [0.1, 0.15) is 12.5 Å². The second-order valence-electron chi connectivity index (χ2n) is 6.06. The van der Waals surface area contributed by atoms with Gasteiger partial charge in [-0.1, -0.05) is 6.92 Å². The molecule has 0 radical (unpaired) electrons. The smallest absolute Gasteiger partial charge is 0.191 e. The van der Waals surface area contributed by atoms with E-state index in [4.69, 9.17) is 4.74 Å². The van der Waals surface area contributed by atoms with Crippen LogP contribution in [0.15, 0.2) is 23.2 Å². The Morgan fingerprint density at radius 2 is 2.00 bits per heavy atom. The topological polar surface area (TPSA) is 48.9 Å². The number of aliphatic imine (C=N–C) groups is 1. The summed E-state index contributed by atoms with van der Waals surface area (Å²) < 4.78 is 32.1. The molecular weight excluding hydrogens is 441 g/mol. The Morgan fingerprint density at radius 3 is 2.68 bits per heavy atom. The fourth-order valence-electron chi connectivity index (χ4n) is 2.64. The highest BCUT2D eigenvalue weighted by atomic mass is 127. The molecular formula is C17H27F2IN4O. The van der Waals surface area contributed by atoms with E-state index in [1.807, 2.05) is 0 Å². The van der Waals surface area contributed by atoms with Crippen molar-refractivity contribution in [3.05, 3.63) is 35.4 Å². The summed E-state index contributed by atoms with van der Waals surface area (Å²) in [5, 5.41) is 6.24. The number of hydrogen-bond acceptors (Lipinski definition) is 3. The van der Waals surface area contributed by atoms with Gasteiger partial charge in [0.05, 0.1) is 13.2 Å². The predicted octanol–water partition coefficient (Wildman–Crippen LogP) is 2.22. The lowest BCUT2D eigenvalue weighted by molar-refractivity contribution is 0.0320. The van der Waals surface area contributed by atoms with E-state index < -0.39 is 11.6 Å². The van der Waals surface area contributed by atoms with Crippen LogP contribution in [0.5, 0.6) is 0 Å². The predicted molar refractivity (Wildman–Crippen MR) is 106 cm³/mol. The first kappa shape index (κ1) is 22.0. The van der Waals surface area contributed by atoms with Gasteiger partial charge in [-0.15, -0.1) is 24.0 Å². The maximum atomic E-state index is 13.6. The summed E-state index contributed by atoms with van der Waals surface area (Å²) >= 11 is 0. The normalized spacial score (nSPS) is 16.9. The van der Waals surface area contributed by atoms with Crippen LogP contribution in [-0.2, 0) is 11.3 Å². The number of ether oxygens (including phenoxy) is 1. The number of morpholine rings is 1. The van der Waals surface area contributed by atoms with Gasteiger partial charge in [-0.2, -0.15) is 0 Å². The van der Waals surface area contributed by atoms with Gasteiger partial charge in [-0.3, -0.25) is 9.89 Å². The molecule has 1 unspecified atom stereocenters. The summed E-state index contributed by atoms with van der Waals surface area (Å²) in [6, 6.07) is 3.43. The summed E-state index contributed by atoms with van der Waals surface area (Å²) in [6.07, 6.45) is 0. The summed E-state index contributed by atoms with van der Waals surface area (Å²) in [7, 11) is 1.66. The van der Waals surface area contributed by atoms with Gasteiger partial charge in [-0.25, -0.2) is 8.78 Å². The SMILES string of the molecule is CN=C(NCc1cc(F)ccc1F)NCC(C)CN1CCOCC1.I. The molecule has 8 heteroatoms. The lowest BCUT2D eigenvalue weighted by Gasteiger charge is -2.29. The van der Waals surface area contributed by atoms with Crippen LogP contribution in [0, 0.1) is 17.6 Å². The van der Waals surface area contributed by atoms with Crippen molar-refractivity contribution in [3.8, 4) is 0 Å². The van der Waals surface area contributed by atoms with Gasteiger partial charge in [0, 0.05) is 45.3 Å². The van der Waals surface area contributed by atoms with Gasteiger partial charge in [0.25, 0.3) is 0 Å². The Kier molecular flexibility index (Phi) is 10.2. The highest BCUT2D eigenvalue weighted by Gasteiger charge is 2.14. The van der Waals surface area contributed by atoms with Crippen molar-refractivity contribution in [1.29, 1.82) is 0 Å². The molecule has 1 fully saturated rings. The number of rotatable bonds is 6. The monoisotopic (exact) mass is 468 g/mol. The molecule has 1 aromatic rings. The van der Waals surface area contributed by atoms with E-state index in [9.17, 15) is 8.78 Å². The standard InChI is InChI=1S/C17H26F2N4O.HI/c1-13(12-23-5-7-24-8-6-23)10-21-17(20-2)22-11-14-9-15(18)3-4-16(14)19;/h3-4,9,13H,5-8,10-12H2,1-2H3,(H2,20,21,22);1H. The summed E-state index contributed by atoms with van der Waals surface area (Å²) in [5.41, 5.74) is 0.277. The minimum atomic E-state index is -0.449. The maximum Gasteiger partial charge on any atom is 0.191 e. The van der Waals surface area contributed by atoms with Crippen molar-refractivity contribution < 1.29 is 13.5 Å². The highest BCUT2D eigenvalue weighted by molar-refractivity contribution is 14.0. The van der Waals surface area contributed by atoms with Crippen LogP contribution in [-0.4, -0.2) is 57.3 Å². The zero-order chi connectivity index (χ0) is 17.4. The van der Waals surface area contributed by atoms with Gasteiger partial charge in [0.15, 0.2) is 5.96 Å². The summed E-state index contributed by atoms with van der Waals surface area (Å²) in [4.78, 5) is 6.50. The Bertz CT molecular complexity index is 553. The molecule has 0 aliphatic carbocycles. The fraction of sp³-hybridized carbons (Fsp3) is 0.588. The number of hydrogen-bond donors (Lipinski definition) is 2. The number of nitrogens with one attached hydrogen (secondary N) is 2. The van der Waals surface area contributed by atoms with Crippen molar-refractivity contribution in [2.24, 2.45) is 10.9 Å². The van der Waals surface area contributed by atoms with Gasteiger partial charge in [0.2, 0.25) is 0 Å². The lowest BCUT2D eigenvalue weighted by atomic mass is 10.1. The Balaban J connectivity index is 0.00000312. The van der Waals surface area contributed by atoms with Crippen LogP contribution in [0.25, 0.3) is 0 Å². The third-order valence-electron chi connectivity index (χ3n) is 3.97. The first-order valence-electron chi connectivity index (χ1n) is 8.27. The van der Waals surface area contributed by atoms with Gasteiger partial charge >= 0.3 is 0 Å². The Morgan fingerprint density at radius 1 is 1.28 bits per heavy atom. The average Bonchev–Trinajstić information content (AvgIpc) is 2.58. The van der Waals surface area contributed by atoms with E-state index in [0.29, 0.717) is 11.9 Å². The van der Waals surface area contributed by atoms with E-state index in [1.54, 1.807) is 7.05 Å². The fourth-order valence-corrected chi connectivity index (χ4v) is 2.64. The minimum absolute atomic E-state index is 0. The molecule has 0 amide bonds. The molecule has 2 N–H and O–H groups in total. The van der Waals surface area contributed by atoms with Crippen LogP contribution in [0.4, 0.5) is 8.78 Å². The van der Waals surface area contributed by atoms with E-state index >= 15 is 0 Å². The van der Waals surface area contributed by atoms with Crippen LogP contribution in [0.3, 0.4) is 0 Å². The second kappa shape index (κ2) is 11.6. The molecule has 0 aromatic heterocycles. The molecule has 25 heavy (non-hydrogen) atoms. The van der Waals surface area contributed by atoms with Gasteiger partial charge in [0.1, 0.15) is 11.6 Å². The number of nitrogens with zero attached hydrogens (tertiary/aromatic N) is 2. The molecule has 0 spiro atoms. The summed E-state index contributed by atoms with van der Waals surface area (Å²) in [6.45, 7) is 7.62. The Hall–Kier alpha value is -1.00. The van der Waals surface area contributed by atoms with Crippen molar-refractivity contribution >= 4 is 29.9 Å². The largest absolute Gasteiger partial charge is 0.379 e. The molecule has 1 aromatic carbocycles. The molecule has 0 saturated carbocycles. The van der Waals surface area contributed by atoms with E-state index in [-0.39, 0.29) is 36.1 Å². The second-order valence-corrected chi connectivity index (χ2v) is 6.06. The molecule has 1 aliphatic heterocycles. The molecule has 1 atom stereocenters. The molecule has 142 valence electrons. The third-order valence-corrected chi connectivity index (χ3v) is 3.97. The molecule has 1 saturated heterocycles. The molecule has 0 bridgehead atoms. The third kappa shape index (κ3) is 7.83. The zero-order valence-corrected chi connectivity index (χ0v) is 17.1.